The van der Waals surface area contributed by atoms with Crippen LogP contribution < -0.4 is 0 Å². The highest BCUT2D eigenvalue weighted by atomic mass is 32.1. The number of rotatable bonds is 4. The number of hydrogen-bond acceptors (Lipinski definition) is 5. The van der Waals surface area contributed by atoms with Gasteiger partial charge in [0.2, 0.25) is 0 Å². The molecule has 282 valence electrons. The van der Waals surface area contributed by atoms with Crippen molar-refractivity contribution in [1.29, 1.82) is 0 Å². The molecule has 0 bridgehead atoms. The van der Waals surface area contributed by atoms with Crippen LogP contribution in [0.1, 0.15) is 0 Å². The molecule has 3 heterocycles. The zero-order valence-corrected chi connectivity index (χ0v) is 33.5. The molecule has 4 nitrogen and oxygen atoms in total. The Hall–Kier alpha value is -7.86. The van der Waals surface area contributed by atoms with E-state index < -0.39 is 0 Å². The maximum atomic E-state index is 5.37. The fourth-order valence-corrected chi connectivity index (χ4v) is 10.6. The van der Waals surface area contributed by atoms with Gasteiger partial charge in [-0.05, 0) is 68.1 Å². The first-order chi connectivity index (χ1) is 30.2. The summed E-state index contributed by atoms with van der Waals surface area (Å²) in [5.74, 6) is 0. The summed E-state index contributed by atoms with van der Waals surface area (Å²) in [6.45, 7) is 0. The molecule has 0 spiro atoms. The van der Waals surface area contributed by atoms with E-state index in [2.05, 4.69) is 182 Å². The second kappa shape index (κ2) is 13.3. The van der Waals surface area contributed by atoms with E-state index in [0.717, 1.165) is 88.4 Å². The third kappa shape index (κ3) is 5.24. The molecule has 0 aliphatic heterocycles. The Balaban J connectivity index is 0.939. The lowest BCUT2D eigenvalue weighted by Gasteiger charge is -2.13. The molecule has 5 heteroatoms. The Morgan fingerprint density at radius 2 is 0.607 bits per heavy atom. The van der Waals surface area contributed by atoms with E-state index >= 15 is 0 Å². The third-order valence-electron chi connectivity index (χ3n) is 12.4. The Morgan fingerprint density at radius 1 is 0.279 bits per heavy atom. The van der Waals surface area contributed by atoms with Crippen LogP contribution in [0.15, 0.2) is 194 Å². The van der Waals surface area contributed by atoms with Crippen LogP contribution in [0.3, 0.4) is 0 Å². The Bertz CT molecular complexity index is 3630. The molecule has 0 fully saturated rings. The molecule has 13 aromatic rings. The van der Waals surface area contributed by atoms with Crippen molar-refractivity contribution in [3.8, 4) is 44.8 Å². The van der Waals surface area contributed by atoms with Gasteiger partial charge in [-0.1, -0.05) is 158 Å². The van der Waals surface area contributed by atoms with E-state index in [1.54, 1.807) is 0 Å². The summed E-state index contributed by atoms with van der Waals surface area (Å²) in [7, 11) is 0. The van der Waals surface area contributed by atoms with Gasteiger partial charge in [0.25, 0.3) is 0 Å². The molecular weight excluding hydrogens is 761 g/mol. The molecule has 0 atom stereocenters. The molecule has 0 amide bonds. The van der Waals surface area contributed by atoms with Crippen LogP contribution in [-0.2, 0) is 0 Å². The molecule has 0 radical (unpaired) electrons. The number of thiophene rings is 1. The summed E-state index contributed by atoms with van der Waals surface area (Å²) in [5, 5.41) is 11.7. The fraction of sp³-hybridized carbons (Fsp3) is 0. The fourth-order valence-electron chi connectivity index (χ4n) is 9.53. The second-order valence-corrected chi connectivity index (χ2v) is 16.8. The van der Waals surface area contributed by atoms with Crippen LogP contribution in [0.4, 0.5) is 0 Å². The summed E-state index contributed by atoms with van der Waals surface area (Å²) in [4.78, 5) is 20.9. The zero-order valence-electron chi connectivity index (χ0n) is 32.7. The summed E-state index contributed by atoms with van der Waals surface area (Å²) >= 11 is 1.83. The standard InChI is InChI=1S/C56H32N4S/c1-7-19-41(49-31-57-53-43-21-9-3-15-37(43)39-17-5-11-23-45(39)55(53)59-49)35(13-1)33-25-27-51-47(29-33)48-30-34(26-28-52(48)61-51)36-14-2-8-20-42(36)50-32-58-54-44-22-10-4-16-38(44)40-18-6-12-24-46(40)56(54)60-50/h1-32H. The van der Waals surface area contributed by atoms with E-state index in [-0.39, 0.29) is 0 Å². The maximum Gasteiger partial charge on any atom is 0.0979 e. The molecule has 0 aliphatic carbocycles. The molecule has 0 aliphatic rings. The molecule has 0 saturated carbocycles. The van der Waals surface area contributed by atoms with Gasteiger partial charge in [0.1, 0.15) is 0 Å². The number of benzene rings is 10. The number of nitrogens with zero attached hydrogens (tertiary/aromatic N) is 4. The molecule has 0 unspecified atom stereocenters. The van der Waals surface area contributed by atoms with Crippen molar-refractivity contribution >= 4 is 96.7 Å². The van der Waals surface area contributed by atoms with Crippen molar-refractivity contribution in [2.75, 3.05) is 0 Å². The molecule has 0 saturated heterocycles. The van der Waals surface area contributed by atoms with Crippen molar-refractivity contribution in [3.05, 3.63) is 194 Å². The lowest BCUT2D eigenvalue weighted by atomic mass is 9.94. The Morgan fingerprint density at radius 3 is 1.00 bits per heavy atom. The van der Waals surface area contributed by atoms with Crippen LogP contribution in [0, 0.1) is 0 Å². The van der Waals surface area contributed by atoms with Gasteiger partial charge < -0.3 is 0 Å². The molecule has 61 heavy (non-hydrogen) atoms. The first-order valence-corrected chi connectivity index (χ1v) is 21.4. The Kier molecular flexibility index (Phi) is 7.44. The SMILES string of the molecule is c1ccc(-c2cnc3c4ccccc4c4ccccc4c3n2)c(-c2ccc3sc4ccc(-c5ccccc5-c5cnc6c7ccccc7c7ccccc7c6n5)cc4c3c2)c1. The highest BCUT2D eigenvalue weighted by Crippen LogP contribution is 2.43. The van der Waals surface area contributed by atoms with Gasteiger partial charge in [0, 0.05) is 52.8 Å². The molecule has 13 rings (SSSR count). The van der Waals surface area contributed by atoms with E-state index in [0.29, 0.717) is 0 Å². The topological polar surface area (TPSA) is 51.6 Å². The quantitative estimate of drug-likeness (QED) is 0.167. The predicted molar refractivity (Wildman–Crippen MR) is 257 cm³/mol. The maximum absolute atomic E-state index is 5.37. The summed E-state index contributed by atoms with van der Waals surface area (Å²) < 4.78 is 2.51. The lowest BCUT2D eigenvalue weighted by Crippen LogP contribution is -1.94. The highest BCUT2D eigenvalue weighted by Gasteiger charge is 2.18. The number of fused-ring (bicyclic) bond motifs is 15. The van der Waals surface area contributed by atoms with Crippen LogP contribution in [0.2, 0.25) is 0 Å². The van der Waals surface area contributed by atoms with E-state index in [1.807, 2.05) is 23.7 Å². The molecule has 3 aromatic heterocycles. The van der Waals surface area contributed by atoms with Crippen LogP contribution in [-0.4, -0.2) is 19.9 Å². The summed E-state index contributed by atoms with van der Waals surface area (Å²) in [6, 6.07) is 64.9. The van der Waals surface area contributed by atoms with Crippen LogP contribution >= 0.6 is 11.3 Å². The summed E-state index contributed by atoms with van der Waals surface area (Å²) in [5.41, 5.74) is 12.1. The largest absolute Gasteiger partial charge is 0.252 e. The average Bonchev–Trinajstić information content (AvgIpc) is 3.71. The van der Waals surface area contributed by atoms with Crippen molar-refractivity contribution < 1.29 is 0 Å². The predicted octanol–water partition coefficient (Wildman–Crippen LogP) is 15.2. The highest BCUT2D eigenvalue weighted by molar-refractivity contribution is 7.25. The van der Waals surface area contributed by atoms with Gasteiger partial charge >= 0.3 is 0 Å². The Labute approximate surface area is 354 Å². The first kappa shape index (κ1) is 34.0. The number of hydrogen-bond donors (Lipinski definition) is 0. The van der Waals surface area contributed by atoms with E-state index in [9.17, 15) is 0 Å². The third-order valence-corrected chi connectivity index (χ3v) is 13.5. The van der Waals surface area contributed by atoms with Gasteiger partial charge in [0.05, 0.1) is 45.8 Å². The van der Waals surface area contributed by atoms with Gasteiger partial charge in [0.15, 0.2) is 0 Å². The van der Waals surface area contributed by atoms with Crippen LogP contribution in [0.5, 0.6) is 0 Å². The van der Waals surface area contributed by atoms with Gasteiger partial charge in [-0.25, -0.2) is 9.97 Å². The normalized spacial score (nSPS) is 11.9. The molecular formula is C56H32N4S. The van der Waals surface area contributed by atoms with Crippen LogP contribution in [0.25, 0.3) is 130 Å². The van der Waals surface area contributed by atoms with Crippen molar-refractivity contribution in [3.63, 3.8) is 0 Å². The minimum Gasteiger partial charge on any atom is -0.252 e. The smallest absolute Gasteiger partial charge is 0.0979 e. The van der Waals surface area contributed by atoms with Crippen molar-refractivity contribution in [2.24, 2.45) is 0 Å². The van der Waals surface area contributed by atoms with Crippen molar-refractivity contribution in [2.45, 2.75) is 0 Å². The van der Waals surface area contributed by atoms with Gasteiger partial charge in [-0.3, -0.25) is 9.97 Å². The van der Waals surface area contributed by atoms with Crippen molar-refractivity contribution in [1.82, 2.24) is 19.9 Å². The van der Waals surface area contributed by atoms with Gasteiger partial charge in [-0.15, -0.1) is 11.3 Å². The van der Waals surface area contributed by atoms with Gasteiger partial charge in [-0.2, -0.15) is 0 Å². The minimum absolute atomic E-state index is 0.857. The minimum atomic E-state index is 0.857. The van der Waals surface area contributed by atoms with E-state index in [1.165, 1.54) is 41.7 Å². The summed E-state index contributed by atoms with van der Waals surface area (Å²) in [6.07, 6.45) is 3.88. The van der Waals surface area contributed by atoms with E-state index in [4.69, 9.17) is 19.9 Å². The zero-order chi connectivity index (χ0) is 40.0. The molecule has 0 N–H and O–H groups in total. The number of aromatic nitrogens is 4. The lowest BCUT2D eigenvalue weighted by molar-refractivity contribution is 1.31. The monoisotopic (exact) mass is 792 g/mol. The average molecular weight is 793 g/mol. The molecule has 10 aromatic carbocycles. The first-order valence-electron chi connectivity index (χ1n) is 20.5. The second-order valence-electron chi connectivity index (χ2n) is 15.7.